The lowest BCUT2D eigenvalue weighted by molar-refractivity contribution is 0.0629. The van der Waals surface area contributed by atoms with Crippen molar-refractivity contribution in [3.8, 4) is 5.75 Å². The molecule has 1 aromatic heterocycles. The molecule has 4 heterocycles. The Bertz CT molecular complexity index is 1460. The van der Waals surface area contributed by atoms with Crippen LogP contribution in [0.25, 0.3) is 0 Å². The molecular weight excluding hydrogens is 487 g/mol. The molecule has 3 aliphatic heterocycles. The number of carbonyl (C=O) groups is 2. The van der Waals surface area contributed by atoms with Crippen LogP contribution in [-0.4, -0.2) is 33.4 Å². The van der Waals surface area contributed by atoms with Gasteiger partial charge in [0, 0.05) is 43.0 Å². The standard InChI is InChI=1S/C27H22F3N3O4/c28-16-8-20(29)18(21(30)9-16)10-31-26(35)19-11-32-12-22-15-6-17(7-15)33(22)27(36)23(32)25(24(19)34)37-13-14-4-2-1-3-5-14/h1-5,8-9,11,15,17,22H,6-7,10,12-13H2,(H,31,35)/t15?,17?,22-/m1/s1. The van der Waals surface area contributed by atoms with Crippen molar-refractivity contribution in [2.45, 2.75) is 44.6 Å². The molecule has 2 aromatic carbocycles. The van der Waals surface area contributed by atoms with Crippen molar-refractivity contribution in [2.24, 2.45) is 5.92 Å². The fourth-order valence-corrected chi connectivity index (χ4v) is 5.58. The number of hydrogen-bond acceptors (Lipinski definition) is 4. The summed E-state index contributed by atoms with van der Waals surface area (Å²) >= 11 is 0. The number of nitrogens with one attached hydrogen (secondary N) is 1. The Kier molecular flexibility index (Phi) is 5.54. The first kappa shape index (κ1) is 23.3. The Labute approximate surface area is 209 Å². The quantitative estimate of drug-likeness (QED) is 0.553. The van der Waals surface area contributed by atoms with E-state index < -0.39 is 40.9 Å². The number of nitrogens with zero attached hydrogens (tertiary/aromatic N) is 2. The van der Waals surface area contributed by atoms with Gasteiger partial charge in [0.15, 0.2) is 11.4 Å². The van der Waals surface area contributed by atoms with Crippen LogP contribution in [0, 0.1) is 23.4 Å². The lowest BCUT2D eigenvalue weighted by Crippen LogP contribution is -2.47. The monoisotopic (exact) mass is 509 g/mol. The van der Waals surface area contributed by atoms with Crippen LogP contribution < -0.4 is 15.5 Å². The molecule has 2 bridgehead atoms. The Morgan fingerprint density at radius 1 is 1.05 bits per heavy atom. The van der Waals surface area contributed by atoms with Gasteiger partial charge >= 0.3 is 0 Å². The highest BCUT2D eigenvalue weighted by atomic mass is 19.1. The molecular formula is C27H22F3N3O4. The molecule has 4 aliphatic rings. The van der Waals surface area contributed by atoms with E-state index in [0.29, 0.717) is 24.6 Å². The topological polar surface area (TPSA) is 80.6 Å². The number of halogens is 3. The largest absolute Gasteiger partial charge is 0.483 e. The smallest absolute Gasteiger partial charge is 0.275 e. The van der Waals surface area contributed by atoms with Gasteiger partial charge in [-0.3, -0.25) is 14.4 Å². The maximum Gasteiger partial charge on any atom is 0.275 e. The van der Waals surface area contributed by atoms with Gasteiger partial charge < -0.3 is 19.5 Å². The van der Waals surface area contributed by atoms with E-state index in [1.54, 1.807) is 16.7 Å². The summed E-state index contributed by atoms with van der Waals surface area (Å²) in [5.74, 6) is -4.44. The van der Waals surface area contributed by atoms with Crippen molar-refractivity contribution >= 4 is 11.8 Å². The van der Waals surface area contributed by atoms with E-state index in [0.717, 1.165) is 18.4 Å². The minimum absolute atomic E-state index is 0.00289. The third-order valence-corrected chi connectivity index (χ3v) is 7.51. The minimum Gasteiger partial charge on any atom is -0.483 e. The maximum atomic E-state index is 14.0. The fraction of sp³-hybridized carbons (Fsp3) is 0.296. The van der Waals surface area contributed by atoms with Crippen LogP contribution in [0.4, 0.5) is 13.2 Å². The van der Waals surface area contributed by atoms with Crippen LogP contribution >= 0.6 is 0 Å². The molecule has 190 valence electrons. The SMILES string of the molecule is O=C(NCc1c(F)cc(F)cc1F)c1cn2c(c(OCc3ccccc3)c1=O)C(=O)N1C3CC(C3)[C@H]1C2. The van der Waals surface area contributed by atoms with Crippen LogP contribution in [0.2, 0.25) is 0 Å². The zero-order valence-electron chi connectivity index (χ0n) is 19.5. The third-order valence-electron chi connectivity index (χ3n) is 7.51. The molecule has 2 amide bonds. The molecule has 37 heavy (non-hydrogen) atoms. The highest BCUT2D eigenvalue weighted by Crippen LogP contribution is 2.49. The first-order valence-electron chi connectivity index (χ1n) is 12.0. The van der Waals surface area contributed by atoms with E-state index in [4.69, 9.17) is 4.74 Å². The summed E-state index contributed by atoms with van der Waals surface area (Å²) in [5.41, 5.74) is -0.788. The van der Waals surface area contributed by atoms with Crippen LogP contribution in [0.5, 0.6) is 5.75 Å². The zero-order chi connectivity index (χ0) is 25.8. The van der Waals surface area contributed by atoms with Crippen LogP contribution in [-0.2, 0) is 19.7 Å². The zero-order valence-corrected chi connectivity index (χ0v) is 19.5. The summed E-state index contributed by atoms with van der Waals surface area (Å²) in [5, 5.41) is 2.33. The maximum absolute atomic E-state index is 14.0. The number of ether oxygens (including phenoxy) is 1. The van der Waals surface area contributed by atoms with Gasteiger partial charge in [-0.05, 0) is 24.3 Å². The van der Waals surface area contributed by atoms with E-state index >= 15 is 0 Å². The molecule has 0 unspecified atom stereocenters. The van der Waals surface area contributed by atoms with Crippen molar-refractivity contribution in [2.75, 3.05) is 0 Å². The summed E-state index contributed by atoms with van der Waals surface area (Å²) < 4.78 is 48.8. The third kappa shape index (κ3) is 3.87. The summed E-state index contributed by atoms with van der Waals surface area (Å²) in [6.45, 7) is -0.189. The van der Waals surface area contributed by atoms with Crippen molar-refractivity contribution in [1.29, 1.82) is 0 Å². The van der Waals surface area contributed by atoms with Crippen molar-refractivity contribution in [1.82, 2.24) is 14.8 Å². The van der Waals surface area contributed by atoms with Crippen molar-refractivity contribution in [3.63, 3.8) is 0 Å². The Morgan fingerprint density at radius 2 is 1.76 bits per heavy atom. The van der Waals surface area contributed by atoms with Crippen LogP contribution in [0.15, 0.2) is 53.5 Å². The lowest BCUT2D eigenvalue weighted by atomic mass is 9.83. The number of rotatable bonds is 6. The van der Waals surface area contributed by atoms with Gasteiger partial charge in [-0.1, -0.05) is 30.3 Å². The number of aromatic nitrogens is 1. The highest BCUT2D eigenvalue weighted by Gasteiger charge is 2.55. The Hall–Kier alpha value is -4.08. The number of hydrogen-bond donors (Lipinski definition) is 1. The second-order valence-electron chi connectivity index (χ2n) is 9.67. The molecule has 0 radical (unpaired) electrons. The Morgan fingerprint density at radius 3 is 2.46 bits per heavy atom. The summed E-state index contributed by atoms with van der Waals surface area (Å²) in [4.78, 5) is 41.8. The van der Waals surface area contributed by atoms with E-state index in [9.17, 15) is 27.6 Å². The molecule has 3 fully saturated rings. The molecule has 1 saturated carbocycles. The first-order chi connectivity index (χ1) is 17.8. The second-order valence-corrected chi connectivity index (χ2v) is 9.67. The molecule has 2 saturated heterocycles. The van der Waals surface area contributed by atoms with Gasteiger partial charge in [0.05, 0.1) is 6.04 Å². The summed E-state index contributed by atoms with van der Waals surface area (Å²) in [6, 6.07) is 10.2. The van der Waals surface area contributed by atoms with Gasteiger partial charge in [-0.15, -0.1) is 0 Å². The van der Waals surface area contributed by atoms with Gasteiger partial charge in [0.2, 0.25) is 5.43 Å². The fourth-order valence-electron chi connectivity index (χ4n) is 5.58. The molecule has 1 atom stereocenters. The summed E-state index contributed by atoms with van der Waals surface area (Å²) in [7, 11) is 0. The second kappa shape index (κ2) is 8.79. The molecule has 7 nitrogen and oxygen atoms in total. The van der Waals surface area contributed by atoms with Gasteiger partial charge in [0.25, 0.3) is 11.8 Å². The average Bonchev–Trinajstić information content (AvgIpc) is 3.38. The minimum atomic E-state index is -1.15. The molecule has 1 N–H and O–H groups in total. The van der Waals surface area contributed by atoms with E-state index in [1.165, 1.54) is 6.20 Å². The predicted molar refractivity (Wildman–Crippen MR) is 125 cm³/mol. The van der Waals surface area contributed by atoms with Gasteiger partial charge in [0.1, 0.15) is 29.6 Å². The lowest BCUT2D eigenvalue weighted by Gasteiger charge is -2.33. The van der Waals surface area contributed by atoms with Gasteiger partial charge in [-0.2, -0.15) is 0 Å². The molecule has 10 heteroatoms. The van der Waals surface area contributed by atoms with Crippen LogP contribution in [0.3, 0.4) is 0 Å². The molecule has 3 aromatic rings. The average molecular weight is 509 g/mol. The summed E-state index contributed by atoms with van der Waals surface area (Å²) in [6.07, 6.45) is 3.14. The van der Waals surface area contributed by atoms with Crippen molar-refractivity contribution < 1.29 is 27.5 Å². The van der Waals surface area contributed by atoms with E-state index in [-0.39, 0.29) is 41.6 Å². The molecule has 7 rings (SSSR count). The number of fused-ring (bicyclic) bond motifs is 1. The highest BCUT2D eigenvalue weighted by molar-refractivity contribution is 5.99. The van der Waals surface area contributed by atoms with Crippen molar-refractivity contribution in [3.05, 3.63) is 98.7 Å². The van der Waals surface area contributed by atoms with Gasteiger partial charge in [-0.25, -0.2) is 13.2 Å². The normalized spacial score (nSPS) is 21.2. The molecule has 1 aliphatic carbocycles. The van der Waals surface area contributed by atoms with Crippen LogP contribution in [0.1, 0.15) is 44.8 Å². The number of carbonyl (C=O) groups excluding carboxylic acids is 2. The number of pyridine rings is 1. The first-order valence-corrected chi connectivity index (χ1v) is 12.0. The number of benzene rings is 2. The Balaban J connectivity index is 1.35. The predicted octanol–water partition coefficient (Wildman–Crippen LogP) is 3.39. The van der Waals surface area contributed by atoms with E-state index in [2.05, 4.69) is 5.32 Å². The molecule has 0 spiro atoms. The number of amides is 2. The van der Waals surface area contributed by atoms with E-state index in [1.807, 2.05) is 23.1 Å².